The van der Waals surface area contributed by atoms with E-state index >= 15 is 0 Å². The number of aryl methyl sites for hydroxylation is 1. The Morgan fingerprint density at radius 1 is 1.18 bits per heavy atom. The van der Waals surface area contributed by atoms with Crippen molar-refractivity contribution in [3.05, 3.63) is 62.6 Å². The normalized spacial score (nSPS) is 24.9. The van der Waals surface area contributed by atoms with Gasteiger partial charge in [0.15, 0.2) is 11.8 Å². The molecule has 3 aromatic rings. The molecule has 10 nitrogen and oxygen atoms in total. The maximum absolute atomic E-state index is 12.9. The Hall–Kier alpha value is -2.79. The van der Waals surface area contributed by atoms with Crippen LogP contribution in [0.15, 0.2) is 44.6 Å². The highest BCUT2D eigenvalue weighted by Crippen LogP contribution is 2.28. The smallest absolute Gasteiger partial charge is 0.333 e. The highest BCUT2D eigenvalue weighted by molar-refractivity contribution is 5.79. The summed E-state index contributed by atoms with van der Waals surface area (Å²) in [6.45, 7) is 1.25. The molecular weight excluding hydrogens is 370 g/mol. The van der Waals surface area contributed by atoms with Gasteiger partial charge in [0, 0.05) is 17.6 Å². The Labute approximate surface area is 157 Å². The van der Waals surface area contributed by atoms with Crippen molar-refractivity contribution in [1.29, 1.82) is 0 Å². The molecular formula is C18H19N3O7. The molecule has 0 bridgehead atoms. The lowest BCUT2D eigenvalue weighted by Crippen LogP contribution is -2.43. The van der Waals surface area contributed by atoms with E-state index in [4.69, 9.17) is 9.26 Å². The van der Waals surface area contributed by atoms with Crippen molar-refractivity contribution in [3.63, 3.8) is 0 Å². The van der Waals surface area contributed by atoms with Gasteiger partial charge in [-0.2, -0.15) is 0 Å². The molecule has 0 saturated carbocycles. The number of aliphatic hydroxyl groups is 3. The van der Waals surface area contributed by atoms with Crippen molar-refractivity contribution in [1.82, 2.24) is 14.3 Å². The minimum absolute atomic E-state index is 0.136. The monoisotopic (exact) mass is 389 g/mol. The Morgan fingerprint density at radius 3 is 2.68 bits per heavy atom. The van der Waals surface area contributed by atoms with Gasteiger partial charge in [0.25, 0.3) is 5.56 Å². The Kier molecular flexibility index (Phi) is 4.63. The van der Waals surface area contributed by atoms with Crippen molar-refractivity contribution in [2.45, 2.75) is 38.0 Å². The molecule has 148 valence electrons. The first-order valence-corrected chi connectivity index (χ1v) is 8.70. The molecule has 3 heterocycles. The van der Waals surface area contributed by atoms with Crippen molar-refractivity contribution in [3.8, 4) is 0 Å². The molecule has 1 aromatic carbocycles. The van der Waals surface area contributed by atoms with E-state index in [0.29, 0.717) is 16.7 Å². The standard InChI is InChI=1S/C18H19N3O7/c1-9-2-3-10-11(19-28-12(10)6-9)7-21-14(23)4-5-20(18(21)26)17-16(25)15(24)13(8-22)27-17/h2-6,13,15-17,22,24-25H,7-8H2,1H3/t13-,15-,16-,17-/m1/s1. The van der Waals surface area contributed by atoms with Crippen LogP contribution in [-0.4, -0.2) is 54.5 Å². The Bertz CT molecular complexity index is 1130. The second-order valence-corrected chi connectivity index (χ2v) is 6.79. The van der Waals surface area contributed by atoms with Crippen LogP contribution < -0.4 is 11.2 Å². The zero-order valence-electron chi connectivity index (χ0n) is 14.9. The third-order valence-electron chi connectivity index (χ3n) is 4.90. The van der Waals surface area contributed by atoms with Crippen LogP contribution >= 0.6 is 0 Å². The topological polar surface area (TPSA) is 140 Å². The quantitative estimate of drug-likeness (QED) is 0.523. The van der Waals surface area contributed by atoms with E-state index in [9.17, 15) is 24.9 Å². The van der Waals surface area contributed by atoms with E-state index in [1.165, 1.54) is 6.20 Å². The van der Waals surface area contributed by atoms with Gasteiger partial charge >= 0.3 is 5.69 Å². The van der Waals surface area contributed by atoms with Crippen LogP contribution in [0, 0.1) is 6.92 Å². The summed E-state index contributed by atoms with van der Waals surface area (Å²) in [6, 6.07) is 6.63. The average Bonchev–Trinajstić information content (AvgIpc) is 3.20. The summed E-state index contributed by atoms with van der Waals surface area (Å²) in [5.74, 6) is 0. The predicted molar refractivity (Wildman–Crippen MR) is 95.8 cm³/mol. The molecule has 10 heteroatoms. The van der Waals surface area contributed by atoms with Crippen LogP contribution in [0.25, 0.3) is 11.0 Å². The van der Waals surface area contributed by atoms with Crippen LogP contribution in [0.1, 0.15) is 17.5 Å². The number of aliphatic hydroxyl groups excluding tert-OH is 3. The number of nitrogens with zero attached hydrogens (tertiary/aromatic N) is 3. The molecule has 0 spiro atoms. The zero-order valence-corrected chi connectivity index (χ0v) is 14.9. The molecule has 28 heavy (non-hydrogen) atoms. The summed E-state index contributed by atoms with van der Waals surface area (Å²) in [4.78, 5) is 25.2. The maximum Gasteiger partial charge on any atom is 0.333 e. The van der Waals surface area contributed by atoms with Gasteiger partial charge in [-0.1, -0.05) is 11.2 Å². The lowest BCUT2D eigenvalue weighted by Gasteiger charge is -2.18. The summed E-state index contributed by atoms with van der Waals surface area (Å²) in [6.07, 6.45) is -3.87. The number of benzene rings is 1. The number of hydrogen-bond donors (Lipinski definition) is 3. The number of fused-ring (bicyclic) bond motifs is 1. The van der Waals surface area contributed by atoms with Gasteiger partial charge in [0.05, 0.1) is 13.2 Å². The molecule has 0 radical (unpaired) electrons. The lowest BCUT2D eigenvalue weighted by atomic mass is 10.1. The van der Waals surface area contributed by atoms with Crippen molar-refractivity contribution < 1.29 is 24.6 Å². The third-order valence-corrected chi connectivity index (χ3v) is 4.90. The molecule has 4 atom stereocenters. The Morgan fingerprint density at radius 2 is 1.96 bits per heavy atom. The number of aromatic nitrogens is 3. The van der Waals surface area contributed by atoms with Crippen LogP contribution in [0.3, 0.4) is 0 Å². The highest BCUT2D eigenvalue weighted by Gasteiger charge is 2.43. The summed E-state index contributed by atoms with van der Waals surface area (Å²) >= 11 is 0. The molecule has 3 N–H and O–H groups in total. The van der Waals surface area contributed by atoms with Crippen LogP contribution in [0.5, 0.6) is 0 Å². The molecule has 0 aliphatic carbocycles. The van der Waals surface area contributed by atoms with Gasteiger partial charge in [0.1, 0.15) is 24.0 Å². The van der Waals surface area contributed by atoms with Crippen LogP contribution in [0.2, 0.25) is 0 Å². The third kappa shape index (κ3) is 2.96. The first kappa shape index (κ1) is 18.6. The van der Waals surface area contributed by atoms with E-state index in [-0.39, 0.29) is 6.54 Å². The highest BCUT2D eigenvalue weighted by atomic mass is 16.6. The molecule has 1 saturated heterocycles. The van der Waals surface area contributed by atoms with Gasteiger partial charge in [-0.25, -0.2) is 4.79 Å². The number of hydrogen-bond acceptors (Lipinski definition) is 8. The molecule has 1 aliphatic heterocycles. The summed E-state index contributed by atoms with van der Waals surface area (Å²) in [5.41, 5.74) is 0.636. The zero-order chi connectivity index (χ0) is 20.0. The average molecular weight is 389 g/mol. The van der Waals surface area contributed by atoms with Crippen molar-refractivity contribution in [2.75, 3.05) is 6.61 Å². The van der Waals surface area contributed by atoms with E-state index in [0.717, 1.165) is 20.8 Å². The van der Waals surface area contributed by atoms with E-state index < -0.39 is 42.4 Å². The minimum atomic E-state index is -1.43. The number of rotatable bonds is 4. The molecule has 0 unspecified atom stereocenters. The second-order valence-electron chi connectivity index (χ2n) is 6.79. The van der Waals surface area contributed by atoms with Gasteiger partial charge in [-0.15, -0.1) is 0 Å². The molecule has 1 fully saturated rings. The first-order valence-electron chi connectivity index (χ1n) is 8.70. The summed E-state index contributed by atoms with van der Waals surface area (Å²) in [7, 11) is 0. The van der Waals surface area contributed by atoms with Crippen LogP contribution in [0.4, 0.5) is 0 Å². The fourth-order valence-electron chi connectivity index (χ4n) is 3.34. The molecule has 1 aliphatic rings. The maximum atomic E-state index is 12.9. The predicted octanol–water partition coefficient (Wildman–Crippen LogP) is -0.881. The van der Waals surface area contributed by atoms with Crippen molar-refractivity contribution >= 4 is 11.0 Å². The van der Waals surface area contributed by atoms with Gasteiger partial charge in [0.2, 0.25) is 0 Å². The molecule has 4 rings (SSSR count). The van der Waals surface area contributed by atoms with Crippen LogP contribution in [-0.2, 0) is 11.3 Å². The lowest BCUT2D eigenvalue weighted by molar-refractivity contribution is -0.0555. The summed E-state index contributed by atoms with van der Waals surface area (Å²) < 4.78 is 12.6. The van der Waals surface area contributed by atoms with E-state index in [2.05, 4.69) is 5.16 Å². The number of ether oxygens (including phenoxy) is 1. The van der Waals surface area contributed by atoms with Gasteiger partial charge in [-0.05, 0) is 24.6 Å². The minimum Gasteiger partial charge on any atom is -0.394 e. The Balaban J connectivity index is 1.73. The first-order chi connectivity index (χ1) is 13.4. The van der Waals surface area contributed by atoms with Crippen molar-refractivity contribution in [2.24, 2.45) is 0 Å². The second kappa shape index (κ2) is 6.99. The van der Waals surface area contributed by atoms with E-state index in [1.807, 2.05) is 13.0 Å². The van der Waals surface area contributed by atoms with E-state index in [1.54, 1.807) is 12.1 Å². The SMILES string of the molecule is Cc1ccc2c(Cn3c(=O)ccn([C@@H]4O[C@H](CO)[C@@H](O)[C@H]4O)c3=O)noc2c1. The molecule has 2 aromatic heterocycles. The van der Waals surface area contributed by atoms with Gasteiger partial charge < -0.3 is 24.6 Å². The summed E-state index contributed by atoms with van der Waals surface area (Å²) in [5, 5.41) is 33.9. The largest absolute Gasteiger partial charge is 0.394 e. The van der Waals surface area contributed by atoms with Gasteiger partial charge in [-0.3, -0.25) is 13.9 Å². The fourth-order valence-corrected chi connectivity index (χ4v) is 3.34. The fraction of sp³-hybridized carbons (Fsp3) is 0.389. The molecule has 0 amide bonds.